The van der Waals surface area contributed by atoms with Gasteiger partial charge in [-0.15, -0.1) is 0 Å². The summed E-state index contributed by atoms with van der Waals surface area (Å²) in [6, 6.07) is 13.8. The zero-order valence-corrected chi connectivity index (χ0v) is 14.3. The van der Waals surface area contributed by atoms with E-state index < -0.39 is 0 Å². The summed E-state index contributed by atoms with van der Waals surface area (Å²) < 4.78 is 18.6. The van der Waals surface area contributed by atoms with Crippen molar-refractivity contribution in [3.63, 3.8) is 0 Å². The number of halogens is 1. The van der Waals surface area contributed by atoms with Crippen LogP contribution < -0.4 is 15.4 Å². The van der Waals surface area contributed by atoms with Crippen LogP contribution in [0.1, 0.15) is 25.3 Å². The summed E-state index contributed by atoms with van der Waals surface area (Å²) in [6.07, 6.45) is 1.77. The molecule has 4 nitrogen and oxygen atoms in total. The van der Waals surface area contributed by atoms with E-state index >= 15 is 0 Å². The van der Waals surface area contributed by atoms with Gasteiger partial charge in [0, 0.05) is 18.5 Å². The third-order valence-corrected chi connectivity index (χ3v) is 4.43. The van der Waals surface area contributed by atoms with Crippen LogP contribution in [0.3, 0.4) is 0 Å². The number of benzene rings is 2. The van der Waals surface area contributed by atoms with Crippen LogP contribution in [0.25, 0.3) is 0 Å². The quantitative estimate of drug-likeness (QED) is 0.872. The summed E-state index contributed by atoms with van der Waals surface area (Å²) >= 11 is 0. The van der Waals surface area contributed by atoms with Crippen molar-refractivity contribution in [3.05, 3.63) is 59.9 Å². The first-order valence-corrected chi connectivity index (χ1v) is 8.63. The molecule has 2 atom stereocenters. The highest BCUT2D eigenvalue weighted by Gasteiger charge is 2.24. The standard InChI is InChI=1S/C20H23FN2O2/c1-14-12-16(10-11-22-14)20(24)23-13-15-2-6-18(7-3-15)25-19-8-4-17(21)5-9-19/h2-9,14,16,22H,10-13H2,1H3,(H,23,24)/t14-,16-/m0/s1. The zero-order valence-electron chi connectivity index (χ0n) is 14.3. The Morgan fingerprint density at radius 1 is 1.16 bits per heavy atom. The van der Waals surface area contributed by atoms with Gasteiger partial charge < -0.3 is 15.4 Å². The number of nitrogens with one attached hydrogen (secondary N) is 2. The van der Waals surface area contributed by atoms with Crippen molar-refractivity contribution in [1.29, 1.82) is 0 Å². The van der Waals surface area contributed by atoms with Gasteiger partial charge in [-0.2, -0.15) is 0 Å². The third kappa shape index (κ3) is 5.03. The van der Waals surface area contributed by atoms with Crippen LogP contribution in [0.15, 0.2) is 48.5 Å². The van der Waals surface area contributed by atoms with Gasteiger partial charge in [-0.1, -0.05) is 12.1 Å². The van der Waals surface area contributed by atoms with Gasteiger partial charge in [-0.05, 0) is 68.3 Å². The fraction of sp³-hybridized carbons (Fsp3) is 0.350. The smallest absolute Gasteiger partial charge is 0.223 e. The van der Waals surface area contributed by atoms with Gasteiger partial charge in [0.05, 0.1) is 0 Å². The maximum absolute atomic E-state index is 12.9. The number of piperidine rings is 1. The molecule has 0 saturated carbocycles. The number of rotatable bonds is 5. The molecule has 0 aromatic heterocycles. The molecule has 0 radical (unpaired) electrons. The number of hydrogen-bond donors (Lipinski definition) is 2. The summed E-state index contributed by atoms with van der Waals surface area (Å²) in [5.41, 5.74) is 1.02. The molecule has 1 saturated heterocycles. The molecule has 2 aromatic rings. The van der Waals surface area contributed by atoms with Crippen molar-refractivity contribution < 1.29 is 13.9 Å². The SMILES string of the molecule is C[C@H]1C[C@@H](C(=O)NCc2ccc(Oc3ccc(F)cc3)cc2)CCN1. The predicted molar refractivity (Wildman–Crippen MR) is 95.0 cm³/mol. The Balaban J connectivity index is 1.50. The normalized spacial score (nSPS) is 20.1. The molecule has 0 aliphatic carbocycles. The van der Waals surface area contributed by atoms with E-state index in [1.807, 2.05) is 24.3 Å². The van der Waals surface area contributed by atoms with E-state index in [4.69, 9.17) is 4.74 Å². The molecular formula is C20H23FN2O2. The second-order valence-corrected chi connectivity index (χ2v) is 6.49. The van der Waals surface area contributed by atoms with Crippen LogP contribution in [0.5, 0.6) is 11.5 Å². The van der Waals surface area contributed by atoms with Gasteiger partial charge in [0.15, 0.2) is 0 Å². The number of carbonyl (C=O) groups excluding carboxylic acids is 1. The van der Waals surface area contributed by atoms with E-state index in [0.29, 0.717) is 24.1 Å². The Morgan fingerprint density at radius 2 is 1.80 bits per heavy atom. The minimum Gasteiger partial charge on any atom is -0.457 e. The average Bonchev–Trinajstić information content (AvgIpc) is 2.63. The topological polar surface area (TPSA) is 50.4 Å². The first-order chi connectivity index (χ1) is 12.1. The molecule has 25 heavy (non-hydrogen) atoms. The van der Waals surface area contributed by atoms with Gasteiger partial charge >= 0.3 is 0 Å². The van der Waals surface area contributed by atoms with Crippen LogP contribution >= 0.6 is 0 Å². The molecule has 1 fully saturated rings. The van der Waals surface area contributed by atoms with E-state index in [2.05, 4.69) is 17.6 Å². The number of ether oxygens (including phenoxy) is 1. The average molecular weight is 342 g/mol. The number of hydrogen-bond acceptors (Lipinski definition) is 3. The van der Waals surface area contributed by atoms with E-state index in [0.717, 1.165) is 24.9 Å². The Bertz CT molecular complexity index is 701. The first kappa shape index (κ1) is 17.4. The third-order valence-electron chi connectivity index (χ3n) is 4.43. The van der Waals surface area contributed by atoms with Crippen molar-refractivity contribution in [2.75, 3.05) is 6.54 Å². The highest BCUT2D eigenvalue weighted by atomic mass is 19.1. The van der Waals surface area contributed by atoms with Crippen molar-refractivity contribution in [2.24, 2.45) is 5.92 Å². The van der Waals surface area contributed by atoms with Crippen LogP contribution in [0.2, 0.25) is 0 Å². The summed E-state index contributed by atoms with van der Waals surface area (Å²) in [5.74, 6) is 1.19. The fourth-order valence-electron chi connectivity index (χ4n) is 3.02. The Morgan fingerprint density at radius 3 is 2.44 bits per heavy atom. The molecule has 1 aliphatic heterocycles. The van der Waals surface area contributed by atoms with Gasteiger partial charge in [-0.25, -0.2) is 4.39 Å². The van der Waals surface area contributed by atoms with Crippen LogP contribution in [0, 0.1) is 11.7 Å². The molecule has 0 unspecified atom stereocenters. The second kappa shape index (κ2) is 8.12. The lowest BCUT2D eigenvalue weighted by Gasteiger charge is -2.27. The highest BCUT2D eigenvalue weighted by molar-refractivity contribution is 5.78. The molecule has 5 heteroatoms. The minimum absolute atomic E-state index is 0.0948. The minimum atomic E-state index is -0.290. The molecule has 132 valence electrons. The lowest BCUT2D eigenvalue weighted by molar-refractivity contribution is -0.126. The molecule has 0 spiro atoms. The molecule has 2 N–H and O–H groups in total. The van der Waals surface area contributed by atoms with Gasteiger partial charge in [0.25, 0.3) is 0 Å². The largest absolute Gasteiger partial charge is 0.457 e. The first-order valence-electron chi connectivity index (χ1n) is 8.63. The number of amides is 1. The molecule has 3 rings (SSSR count). The van der Waals surface area contributed by atoms with Crippen molar-refractivity contribution in [1.82, 2.24) is 10.6 Å². The van der Waals surface area contributed by atoms with Crippen LogP contribution in [0.4, 0.5) is 4.39 Å². The lowest BCUT2D eigenvalue weighted by atomic mass is 9.92. The maximum atomic E-state index is 12.9. The predicted octanol–water partition coefficient (Wildman–Crippen LogP) is 3.62. The van der Waals surface area contributed by atoms with Crippen molar-refractivity contribution >= 4 is 5.91 Å². The Kier molecular flexibility index (Phi) is 5.66. The molecule has 1 aliphatic rings. The molecule has 2 aromatic carbocycles. The maximum Gasteiger partial charge on any atom is 0.223 e. The summed E-state index contributed by atoms with van der Waals surface area (Å²) in [7, 11) is 0. The molecule has 1 amide bonds. The van der Waals surface area contributed by atoms with Gasteiger partial charge in [0.2, 0.25) is 5.91 Å². The van der Waals surface area contributed by atoms with E-state index in [1.165, 1.54) is 12.1 Å². The van der Waals surface area contributed by atoms with Gasteiger partial charge in [0.1, 0.15) is 17.3 Å². The second-order valence-electron chi connectivity index (χ2n) is 6.49. The lowest BCUT2D eigenvalue weighted by Crippen LogP contribution is -2.42. The molecule has 1 heterocycles. The van der Waals surface area contributed by atoms with Gasteiger partial charge in [-0.3, -0.25) is 4.79 Å². The van der Waals surface area contributed by atoms with Crippen LogP contribution in [-0.2, 0) is 11.3 Å². The van der Waals surface area contributed by atoms with E-state index in [9.17, 15) is 9.18 Å². The van der Waals surface area contributed by atoms with E-state index in [-0.39, 0.29) is 17.6 Å². The summed E-state index contributed by atoms with van der Waals surface area (Å²) in [5, 5.41) is 6.37. The summed E-state index contributed by atoms with van der Waals surface area (Å²) in [4.78, 5) is 12.3. The highest BCUT2D eigenvalue weighted by Crippen LogP contribution is 2.22. The summed E-state index contributed by atoms with van der Waals surface area (Å²) in [6.45, 7) is 3.52. The Labute approximate surface area is 147 Å². The fourth-order valence-corrected chi connectivity index (χ4v) is 3.02. The molecule has 0 bridgehead atoms. The monoisotopic (exact) mass is 342 g/mol. The van der Waals surface area contributed by atoms with Crippen LogP contribution in [-0.4, -0.2) is 18.5 Å². The van der Waals surface area contributed by atoms with E-state index in [1.54, 1.807) is 12.1 Å². The Hall–Kier alpha value is -2.40. The van der Waals surface area contributed by atoms with Crippen molar-refractivity contribution in [2.45, 2.75) is 32.4 Å². The number of carbonyl (C=O) groups is 1. The zero-order chi connectivity index (χ0) is 17.6. The van der Waals surface area contributed by atoms with Crippen molar-refractivity contribution in [3.8, 4) is 11.5 Å². The molecular weight excluding hydrogens is 319 g/mol.